The van der Waals surface area contributed by atoms with Gasteiger partial charge in [-0.3, -0.25) is 14.9 Å². The Morgan fingerprint density at radius 1 is 1.22 bits per heavy atom. The molecule has 27 heavy (non-hydrogen) atoms. The highest BCUT2D eigenvalue weighted by molar-refractivity contribution is 7.14. The zero-order valence-corrected chi connectivity index (χ0v) is 15.5. The van der Waals surface area contributed by atoms with Crippen LogP contribution in [0.4, 0.5) is 5.69 Å². The first kappa shape index (κ1) is 18.8. The minimum atomic E-state index is -0.791. The van der Waals surface area contributed by atoms with Gasteiger partial charge in [-0.25, -0.2) is 4.79 Å². The summed E-state index contributed by atoms with van der Waals surface area (Å²) in [6.07, 6.45) is 0. The summed E-state index contributed by atoms with van der Waals surface area (Å²) in [5.41, 5.74) is 0.240. The molecular formula is C18H12ClNO6S. The highest BCUT2D eigenvalue weighted by atomic mass is 35.5. The summed E-state index contributed by atoms with van der Waals surface area (Å²) in [6, 6.07) is 10.3. The van der Waals surface area contributed by atoms with Crippen LogP contribution in [-0.4, -0.2) is 23.3 Å². The Balaban J connectivity index is 1.69. The molecule has 0 saturated carbocycles. The first-order valence-electron chi connectivity index (χ1n) is 7.66. The Kier molecular flexibility index (Phi) is 5.38. The summed E-state index contributed by atoms with van der Waals surface area (Å²) >= 11 is 7.37. The van der Waals surface area contributed by atoms with Crippen LogP contribution in [0.5, 0.6) is 0 Å². The van der Waals surface area contributed by atoms with Crippen LogP contribution in [0.25, 0.3) is 11.3 Å². The fraction of sp³-hybridized carbons (Fsp3) is 0.111. The van der Waals surface area contributed by atoms with Gasteiger partial charge in [-0.2, -0.15) is 0 Å². The van der Waals surface area contributed by atoms with Gasteiger partial charge >= 0.3 is 5.97 Å². The van der Waals surface area contributed by atoms with Crippen LogP contribution in [0.3, 0.4) is 0 Å². The number of esters is 1. The number of carbonyl (C=O) groups is 2. The molecule has 7 nitrogen and oxygen atoms in total. The molecule has 0 atom stereocenters. The molecule has 138 valence electrons. The first-order valence-corrected chi connectivity index (χ1v) is 8.85. The summed E-state index contributed by atoms with van der Waals surface area (Å²) < 4.78 is 10.4. The van der Waals surface area contributed by atoms with E-state index in [0.29, 0.717) is 10.4 Å². The Morgan fingerprint density at radius 2 is 2.00 bits per heavy atom. The maximum Gasteiger partial charge on any atom is 0.374 e. The highest BCUT2D eigenvalue weighted by Gasteiger charge is 2.19. The predicted molar refractivity (Wildman–Crippen MR) is 99.5 cm³/mol. The summed E-state index contributed by atoms with van der Waals surface area (Å²) in [4.78, 5) is 35.8. The van der Waals surface area contributed by atoms with Crippen molar-refractivity contribution in [2.24, 2.45) is 0 Å². The van der Waals surface area contributed by atoms with Gasteiger partial charge in [0, 0.05) is 22.6 Å². The molecule has 3 aromatic rings. The number of nitro benzene ring substituents is 1. The summed E-state index contributed by atoms with van der Waals surface area (Å²) in [7, 11) is 0. The van der Waals surface area contributed by atoms with Gasteiger partial charge in [-0.15, -0.1) is 11.3 Å². The number of aryl methyl sites for hydroxylation is 1. The predicted octanol–water partition coefficient (Wildman–Crippen LogP) is 4.92. The lowest BCUT2D eigenvalue weighted by Gasteiger charge is -2.02. The van der Waals surface area contributed by atoms with E-state index in [1.807, 2.05) is 13.0 Å². The Morgan fingerprint density at radius 3 is 2.63 bits per heavy atom. The zero-order chi connectivity index (χ0) is 19.6. The molecule has 0 aliphatic carbocycles. The fourth-order valence-corrected chi connectivity index (χ4v) is 3.33. The molecule has 0 radical (unpaired) electrons. The number of hydrogen-bond acceptors (Lipinski definition) is 7. The molecule has 2 heterocycles. The van der Waals surface area contributed by atoms with E-state index in [0.717, 1.165) is 4.88 Å². The maximum absolute atomic E-state index is 12.1. The van der Waals surface area contributed by atoms with Crippen molar-refractivity contribution >= 4 is 40.4 Å². The number of ketones is 1. The van der Waals surface area contributed by atoms with Crippen molar-refractivity contribution in [2.75, 3.05) is 6.61 Å². The number of carbonyl (C=O) groups excluding carboxylic acids is 2. The maximum atomic E-state index is 12.1. The Hall–Kier alpha value is -2.97. The molecule has 0 fully saturated rings. The van der Waals surface area contributed by atoms with Crippen LogP contribution >= 0.6 is 22.9 Å². The van der Waals surface area contributed by atoms with Gasteiger partial charge in [0.2, 0.25) is 11.5 Å². The quantitative estimate of drug-likeness (QED) is 0.250. The number of nitro groups is 1. The van der Waals surface area contributed by atoms with Gasteiger partial charge in [-0.05, 0) is 37.3 Å². The number of furan rings is 1. The van der Waals surface area contributed by atoms with Crippen molar-refractivity contribution in [3.8, 4) is 11.3 Å². The normalized spacial score (nSPS) is 10.6. The van der Waals surface area contributed by atoms with Crippen molar-refractivity contribution < 1.29 is 23.7 Å². The Bertz CT molecular complexity index is 1040. The van der Waals surface area contributed by atoms with E-state index in [4.69, 9.17) is 20.8 Å². The Labute approximate surface area is 162 Å². The number of benzene rings is 1. The molecule has 1 aromatic carbocycles. The molecule has 0 bridgehead atoms. The number of non-ortho nitro benzene ring substituents is 1. The molecular weight excluding hydrogens is 394 g/mol. The highest BCUT2D eigenvalue weighted by Crippen LogP contribution is 2.32. The number of Topliss-reactive ketones (excluding diaryl/α,β-unsaturated/α-hetero) is 1. The molecule has 0 unspecified atom stereocenters. The number of thiophene rings is 1. The van der Waals surface area contributed by atoms with Crippen molar-refractivity contribution in [1.29, 1.82) is 0 Å². The van der Waals surface area contributed by atoms with Crippen molar-refractivity contribution in [3.63, 3.8) is 0 Å². The standard InChI is InChI=1S/C18H12ClNO6S/c1-10-2-7-17(27-10)14(21)9-25-18(22)16-6-5-15(26-16)12-4-3-11(20(23)24)8-13(12)19/h2-8H,9H2,1H3. The molecule has 0 N–H and O–H groups in total. The van der Waals surface area contributed by atoms with Crippen LogP contribution in [0, 0.1) is 17.0 Å². The van der Waals surface area contributed by atoms with Gasteiger partial charge in [0.05, 0.1) is 14.8 Å². The monoisotopic (exact) mass is 405 g/mol. The van der Waals surface area contributed by atoms with E-state index in [9.17, 15) is 19.7 Å². The molecule has 0 amide bonds. The van der Waals surface area contributed by atoms with E-state index < -0.39 is 17.5 Å². The van der Waals surface area contributed by atoms with Gasteiger partial charge in [0.1, 0.15) is 5.76 Å². The van der Waals surface area contributed by atoms with Crippen LogP contribution < -0.4 is 0 Å². The third kappa shape index (κ3) is 4.24. The van der Waals surface area contributed by atoms with Crippen LogP contribution in [0.2, 0.25) is 5.02 Å². The second-order valence-corrected chi connectivity index (χ2v) is 7.19. The molecule has 9 heteroatoms. The second kappa shape index (κ2) is 7.73. The van der Waals surface area contributed by atoms with Crippen molar-refractivity contribution in [2.45, 2.75) is 6.92 Å². The zero-order valence-electron chi connectivity index (χ0n) is 13.9. The molecule has 2 aromatic heterocycles. The lowest BCUT2D eigenvalue weighted by Crippen LogP contribution is -2.12. The average Bonchev–Trinajstić information content (AvgIpc) is 3.28. The third-order valence-corrected chi connectivity index (χ3v) is 4.94. The van der Waals surface area contributed by atoms with Gasteiger partial charge < -0.3 is 9.15 Å². The van der Waals surface area contributed by atoms with Crippen molar-refractivity contribution in [1.82, 2.24) is 0 Å². The van der Waals surface area contributed by atoms with E-state index >= 15 is 0 Å². The number of nitrogens with zero attached hydrogens (tertiary/aromatic N) is 1. The number of hydrogen-bond donors (Lipinski definition) is 0. The minimum Gasteiger partial charge on any atom is -0.451 e. The lowest BCUT2D eigenvalue weighted by atomic mass is 10.1. The van der Waals surface area contributed by atoms with E-state index in [1.54, 1.807) is 6.07 Å². The van der Waals surface area contributed by atoms with Gasteiger partial charge in [0.25, 0.3) is 5.69 Å². The summed E-state index contributed by atoms with van der Waals surface area (Å²) in [5.74, 6) is -0.941. The van der Waals surface area contributed by atoms with Crippen LogP contribution in [0.15, 0.2) is 46.9 Å². The van der Waals surface area contributed by atoms with Gasteiger partial charge in [0.15, 0.2) is 6.61 Å². The molecule has 0 saturated heterocycles. The van der Waals surface area contributed by atoms with Gasteiger partial charge in [-0.1, -0.05) is 11.6 Å². The summed E-state index contributed by atoms with van der Waals surface area (Å²) in [5, 5.41) is 10.9. The topological polar surface area (TPSA) is 99.7 Å². The fourth-order valence-electron chi connectivity index (χ4n) is 2.27. The molecule has 0 spiro atoms. The number of rotatable bonds is 6. The van der Waals surface area contributed by atoms with E-state index in [-0.39, 0.29) is 28.0 Å². The number of ether oxygens (including phenoxy) is 1. The van der Waals surface area contributed by atoms with Crippen molar-refractivity contribution in [3.05, 3.63) is 73.1 Å². The van der Waals surface area contributed by atoms with Crippen LogP contribution in [0.1, 0.15) is 25.1 Å². The first-order chi connectivity index (χ1) is 12.8. The van der Waals surface area contributed by atoms with E-state index in [2.05, 4.69) is 0 Å². The largest absolute Gasteiger partial charge is 0.451 e. The summed E-state index contributed by atoms with van der Waals surface area (Å²) in [6.45, 7) is 1.48. The third-order valence-electron chi connectivity index (χ3n) is 3.59. The molecule has 0 aliphatic rings. The lowest BCUT2D eigenvalue weighted by molar-refractivity contribution is -0.384. The average molecular weight is 406 g/mol. The van der Waals surface area contributed by atoms with E-state index in [1.165, 1.54) is 41.7 Å². The molecule has 0 aliphatic heterocycles. The second-order valence-electron chi connectivity index (χ2n) is 5.49. The van der Waals surface area contributed by atoms with Crippen LogP contribution in [-0.2, 0) is 4.74 Å². The molecule has 3 rings (SSSR count). The smallest absolute Gasteiger partial charge is 0.374 e. The number of halogens is 1. The SMILES string of the molecule is Cc1ccc(C(=O)COC(=O)c2ccc(-c3ccc([N+](=O)[O-])cc3Cl)o2)s1. The minimum absolute atomic E-state index is 0.102.